The zero-order valence-electron chi connectivity index (χ0n) is 5.17. The Morgan fingerprint density at radius 3 is 2.22 bits per heavy atom. The lowest BCUT2D eigenvalue weighted by Gasteiger charge is -2.01. The standard InChI is InChI=1S/C5H9FO2S/c1-4-5(6)2-3-9(4,7)8/h4-5H,2-3H2,1H3. The maximum Gasteiger partial charge on any atom is 0.155 e. The van der Waals surface area contributed by atoms with Crippen LogP contribution in [0.3, 0.4) is 0 Å². The highest BCUT2D eigenvalue weighted by molar-refractivity contribution is 7.92. The van der Waals surface area contributed by atoms with Gasteiger partial charge in [-0.15, -0.1) is 0 Å². The summed E-state index contributed by atoms with van der Waals surface area (Å²) in [6.45, 7) is 1.42. The van der Waals surface area contributed by atoms with Gasteiger partial charge >= 0.3 is 0 Å². The summed E-state index contributed by atoms with van der Waals surface area (Å²) in [7, 11) is -3.05. The minimum atomic E-state index is -3.05. The first-order chi connectivity index (χ1) is 4.04. The third kappa shape index (κ3) is 1.08. The molecule has 1 saturated heterocycles. The van der Waals surface area contributed by atoms with E-state index >= 15 is 0 Å². The molecule has 9 heavy (non-hydrogen) atoms. The van der Waals surface area contributed by atoms with E-state index < -0.39 is 21.3 Å². The number of hydrogen-bond acceptors (Lipinski definition) is 2. The molecule has 0 aromatic carbocycles. The minimum Gasteiger partial charge on any atom is -0.246 e. The van der Waals surface area contributed by atoms with Crippen molar-refractivity contribution in [2.45, 2.75) is 24.8 Å². The van der Waals surface area contributed by atoms with Crippen LogP contribution in [0.5, 0.6) is 0 Å². The van der Waals surface area contributed by atoms with Crippen LogP contribution in [0.4, 0.5) is 4.39 Å². The molecule has 1 aliphatic rings. The second kappa shape index (κ2) is 1.94. The molecule has 2 atom stereocenters. The van der Waals surface area contributed by atoms with Crippen molar-refractivity contribution < 1.29 is 12.8 Å². The van der Waals surface area contributed by atoms with E-state index in [0.29, 0.717) is 0 Å². The van der Waals surface area contributed by atoms with E-state index in [-0.39, 0.29) is 12.2 Å². The van der Waals surface area contributed by atoms with E-state index in [1.54, 1.807) is 0 Å². The van der Waals surface area contributed by atoms with Gasteiger partial charge in [0.25, 0.3) is 0 Å². The Morgan fingerprint density at radius 1 is 1.56 bits per heavy atom. The van der Waals surface area contributed by atoms with Crippen LogP contribution < -0.4 is 0 Å². The van der Waals surface area contributed by atoms with E-state index in [2.05, 4.69) is 0 Å². The predicted octanol–water partition coefficient (Wildman–Crippen LogP) is 0.532. The number of sulfone groups is 1. The van der Waals surface area contributed by atoms with Gasteiger partial charge in [0.15, 0.2) is 9.84 Å². The average Bonchev–Trinajstić information content (AvgIpc) is 1.97. The third-order valence-electron chi connectivity index (χ3n) is 1.75. The van der Waals surface area contributed by atoms with Crippen LogP contribution in [0.25, 0.3) is 0 Å². The second-order valence-corrected chi connectivity index (χ2v) is 4.85. The van der Waals surface area contributed by atoms with Crippen molar-refractivity contribution in [2.24, 2.45) is 0 Å². The van der Waals surface area contributed by atoms with E-state index in [9.17, 15) is 12.8 Å². The van der Waals surface area contributed by atoms with Crippen LogP contribution in [0.2, 0.25) is 0 Å². The highest BCUT2D eigenvalue weighted by Gasteiger charge is 2.36. The highest BCUT2D eigenvalue weighted by Crippen LogP contribution is 2.22. The van der Waals surface area contributed by atoms with Crippen LogP contribution in [0.15, 0.2) is 0 Å². The van der Waals surface area contributed by atoms with Gasteiger partial charge in [-0.2, -0.15) is 0 Å². The topological polar surface area (TPSA) is 34.1 Å². The summed E-state index contributed by atoms with van der Waals surface area (Å²) < 4.78 is 33.9. The Hall–Kier alpha value is -0.120. The van der Waals surface area contributed by atoms with E-state index in [1.165, 1.54) is 6.92 Å². The van der Waals surface area contributed by atoms with E-state index in [0.717, 1.165) is 0 Å². The van der Waals surface area contributed by atoms with Crippen molar-refractivity contribution in [2.75, 3.05) is 5.75 Å². The normalized spacial score (nSPS) is 41.1. The molecule has 0 bridgehead atoms. The molecule has 1 aliphatic heterocycles. The molecule has 1 fully saturated rings. The summed E-state index contributed by atoms with van der Waals surface area (Å²) in [6.07, 6.45) is -0.946. The van der Waals surface area contributed by atoms with Gasteiger partial charge in [0.1, 0.15) is 6.17 Å². The third-order valence-corrected chi connectivity index (χ3v) is 3.99. The molecule has 0 spiro atoms. The maximum atomic E-state index is 12.4. The lowest BCUT2D eigenvalue weighted by molar-refractivity contribution is 0.334. The molecule has 0 radical (unpaired) electrons. The summed E-state index contributed by atoms with van der Waals surface area (Å²) in [5.41, 5.74) is 0. The first-order valence-electron chi connectivity index (χ1n) is 2.89. The van der Waals surface area contributed by atoms with Crippen LogP contribution >= 0.6 is 0 Å². The molecule has 0 aromatic rings. The van der Waals surface area contributed by atoms with Crippen molar-refractivity contribution in [1.82, 2.24) is 0 Å². The molecule has 4 heteroatoms. The molecule has 0 aliphatic carbocycles. The highest BCUT2D eigenvalue weighted by atomic mass is 32.2. The molecule has 2 unspecified atom stereocenters. The van der Waals surface area contributed by atoms with Crippen LogP contribution in [0.1, 0.15) is 13.3 Å². The van der Waals surface area contributed by atoms with Gasteiger partial charge in [0, 0.05) is 0 Å². The van der Waals surface area contributed by atoms with Crippen molar-refractivity contribution in [3.8, 4) is 0 Å². The SMILES string of the molecule is CC1C(F)CCS1(=O)=O. The fourth-order valence-corrected chi connectivity index (χ4v) is 2.43. The number of alkyl halides is 1. The van der Waals surface area contributed by atoms with Crippen molar-refractivity contribution in [1.29, 1.82) is 0 Å². The summed E-state index contributed by atoms with van der Waals surface area (Å²) in [4.78, 5) is 0. The monoisotopic (exact) mass is 152 g/mol. The molecule has 0 saturated carbocycles. The van der Waals surface area contributed by atoms with Gasteiger partial charge in [-0.3, -0.25) is 0 Å². The van der Waals surface area contributed by atoms with Crippen LogP contribution in [0, 0.1) is 0 Å². The fraction of sp³-hybridized carbons (Fsp3) is 1.00. The van der Waals surface area contributed by atoms with Gasteiger partial charge in [0.05, 0.1) is 11.0 Å². The average molecular weight is 152 g/mol. The Morgan fingerprint density at radius 2 is 2.11 bits per heavy atom. The Balaban J connectivity index is 2.87. The molecule has 2 nitrogen and oxygen atoms in total. The van der Waals surface area contributed by atoms with Gasteiger partial charge in [-0.05, 0) is 13.3 Å². The zero-order chi connectivity index (χ0) is 7.07. The molecule has 0 aromatic heterocycles. The minimum absolute atomic E-state index is 0.0231. The Labute approximate surface area is 54.0 Å². The Bertz CT molecular complexity index is 197. The summed E-state index contributed by atoms with van der Waals surface area (Å²) >= 11 is 0. The van der Waals surface area contributed by atoms with Crippen molar-refractivity contribution >= 4 is 9.84 Å². The molecular weight excluding hydrogens is 143 g/mol. The molecule has 54 valence electrons. The van der Waals surface area contributed by atoms with Gasteiger partial charge in [-0.25, -0.2) is 12.8 Å². The Kier molecular flexibility index (Phi) is 1.50. The largest absolute Gasteiger partial charge is 0.246 e. The fourth-order valence-electron chi connectivity index (χ4n) is 0.922. The summed E-state index contributed by atoms with van der Waals surface area (Å²) in [5.74, 6) is 0.0231. The summed E-state index contributed by atoms with van der Waals surface area (Å²) in [6, 6.07) is 0. The number of rotatable bonds is 0. The van der Waals surface area contributed by atoms with E-state index in [1.807, 2.05) is 0 Å². The van der Waals surface area contributed by atoms with Crippen LogP contribution in [-0.4, -0.2) is 25.6 Å². The molecule has 1 heterocycles. The van der Waals surface area contributed by atoms with Crippen molar-refractivity contribution in [3.05, 3.63) is 0 Å². The molecular formula is C5H9FO2S. The number of hydrogen-bond donors (Lipinski definition) is 0. The van der Waals surface area contributed by atoms with Gasteiger partial charge in [-0.1, -0.05) is 0 Å². The van der Waals surface area contributed by atoms with Gasteiger partial charge < -0.3 is 0 Å². The quantitative estimate of drug-likeness (QED) is 0.507. The maximum absolute atomic E-state index is 12.4. The molecule has 1 rings (SSSR count). The smallest absolute Gasteiger partial charge is 0.155 e. The first-order valence-corrected chi connectivity index (χ1v) is 4.61. The predicted molar refractivity (Wildman–Crippen MR) is 32.8 cm³/mol. The van der Waals surface area contributed by atoms with Crippen LogP contribution in [-0.2, 0) is 9.84 Å². The van der Waals surface area contributed by atoms with Crippen molar-refractivity contribution in [3.63, 3.8) is 0 Å². The number of halogens is 1. The lowest BCUT2D eigenvalue weighted by atomic mass is 10.2. The van der Waals surface area contributed by atoms with E-state index in [4.69, 9.17) is 0 Å². The summed E-state index contributed by atoms with van der Waals surface area (Å²) in [5, 5.41) is -0.766. The lowest BCUT2D eigenvalue weighted by Crippen LogP contribution is -2.18. The molecule has 0 amide bonds. The first kappa shape index (κ1) is 6.99. The second-order valence-electron chi connectivity index (χ2n) is 2.38. The zero-order valence-corrected chi connectivity index (χ0v) is 5.99. The van der Waals surface area contributed by atoms with Gasteiger partial charge in [0.2, 0.25) is 0 Å². The molecule has 0 N–H and O–H groups in total.